The van der Waals surface area contributed by atoms with Crippen LogP contribution >= 0.6 is 0 Å². The molecule has 40 nitrogen and oxygen atoms in total. The Bertz CT molecular complexity index is 3890. The molecule has 11 fully saturated rings. The molecule has 0 unspecified atom stereocenters. The van der Waals surface area contributed by atoms with Crippen molar-refractivity contribution >= 4 is 164 Å². The van der Waals surface area contributed by atoms with E-state index in [1.54, 1.807) is 27.7 Å². The largest absolute Gasteiger partial charge is 2.00 e. The third-order valence-electron chi connectivity index (χ3n) is 21.8. The van der Waals surface area contributed by atoms with Crippen LogP contribution in [-0.2, 0) is 66.7 Å². The summed E-state index contributed by atoms with van der Waals surface area (Å²) in [6.45, 7) is 0.547. The number of amides is 16. The number of hydrogen-bond acceptors (Lipinski definition) is 24. The van der Waals surface area contributed by atoms with Crippen molar-refractivity contribution in [2.75, 3.05) is 89.5 Å². The molecule has 2 aromatic carbocycles. The van der Waals surface area contributed by atoms with Gasteiger partial charge in [0, 0.05) is 45.3 Å². The van der Waals surface area contributed by atoms with Gasteiger partial charge in [-0.2, -0.15) is 0 Å². The number of hydrogen-bond donors (Lipinski definition) is 0. The van der Waals surface area contributed by atoms with Gasteiger partial charge < -0.3 is 37.2 Å². The van der Waals surface area contributed by atoms with Gasteiger partial charge in [-0.3, -0.25) is 78.4 Å². The number of urea groups is 8. The quantitative estimate of drug-likeness (QED) is 0.0769. The number of nitrogens with zero attached hydrogens (tertiary/aromatic N) is 16. The van der Waals surface area contributed by atoms with E-state index in [2.05, 4.69) is 0 Å². The molecule has 0 saturated carbocycles. The van der Waals surface area contributed by atoms with Gasteiger partial charge in [-0.1, -0.05) is 0 Å². The minimum absolute atomic E-state index is 0. The van der Waals surface area contributed by atoms with Gasteiger partial charge in [0.05, 0.1) is 93.1 Å². The molecule has 0 N–H and O–H groups in total. The van der Waals surface area contributed by atoms with E-state index in [1.807, 2.05) is 0 Å². The summed E-state index contributed by atoms with van der Waals surface area (Å²) < 4.78 is 163. The molecule has 11 saturated heterocycles. The van der Waals surface area contributed by atoms with Gasteiger partial charge in [0.15, 0.2) is 47.3 Å². The van der Waals surface area contributed by atoms with Crippen molar-refractivity contribution in [1.82, 2.24) is 78.4 Å². The van der Waals surface area contributed by atoms with Crippen LogP contribution < -0.4 is 18.9 Å². The van der Waals surface area contributed by atoms with Crippen LogP contribution in [0.25, 0.3) is 0 Å². The van der Waals surface area contributed by atoms with E-state index in [0.717, 1.165) is 0 Å². The van der Waals surface area contributed by atoms with Crippen molar-refractivity contribution in [1.29, 1.82) is 0 Å². The van der Waals surface area contributed by atoms with Crippen molar-refractivity contribution in [2.45, 2.75) is 127 Å². The smallest absolute Gasteiger partial charge is 0.748 e. The summed E-state index contributed by atoms with van der Waals surface area (Å²) in [5.74, 6) is -2.61. The molecule has 0 aromatic heterocycles. The first kappa shape index (κ1) is 72.3. The zero-order chi connectivity index (χ0) is 70.0. The average Bonchev–Trinajstić information content (AvgIpc) is 1.50. The molecule has 0 bridgehead atoms. The van der Waals surface area contributed by atoms with E-state index in [0.29, 0.717) is 0 Å². The molecule has 13 heterocycles. The summed E-state index contributed by atoms with van der Waals surface area (Å²) >= 11 is 0. The zero-order valence-electron chi connectivity index (χ0n) is 54.2. The first-order valence-corrected chi connectivity index (χ1v) is 37.5. The van der Waals surface area contributed by atoms with Crippen LogP contribution in [0.2, 0.25) is 0 Å². The normalized spacial score (nSPS) is 29.0. The van der Waals surface area contributed by atoms with Crippen molar-refractivity contribution in [3.63, 3.8) is 0 Å². The molecule has 532 valence electrons. The fourth-order valence-corrected chi connectivity index (χ4v) is 18.7. The van der Waals surface area contributed by atoms with E-state index in [1.165, 1.54) is 103 Å². The Kier molecular flexibility index (Phi) is 17.6. The zero-order valence-corrected chi connectivity index (χ0v) is 61.9. The molecule has 13 aliphatic rings. The Morgan fingerprint density at radius 3 is 0.690 bits per heavy atom. The molecule has 46 heteroatoms. The van der Waals surface area contributed by atoms with Crippen LogP contribution in [0.15, 0.2) is 24.3 Å². The topological polar surface area (TPSA) is 454 Å². The van der Waals surface area contributed by atoms with Crippen molar-refractivity contribution in [3.8, 4) is 23.0 Å². The number of ether oxygens (including phenoxy) is 4. The number of fused-ring (bicyclic) bond motifs is 2. The van der Waals surface area contributed by atoms with Crippen LogP contribution in [-0.4, -0.2) is 391 Å². The van der Waals surface area contributed by atoms with Crippen LogP contribution in [0, 0.1) is 0 Å². The minimum atomic E-state index is -4.64. The van der Waals surface area contributed by atoms with Gasteiger partial charge in [-0.15, -0.1) is 0 Å². The predicted molar refractivity (Wildman–Crippen MR) is 328 cm³/mol. The fraction of sp³-hybridized carbons (Fsp3) is 0.630. The number of rotatable bonds is 20. The van der Waals surface area contributed by atoms with Crippen molar-refractivity contribution in [3.05, 3.63) is 46.5 Å². The van der Waals surface area contributed by atoms with Crippen LogP contribution in [0.4, 0.5) is 38.4 Å². The molecule has 0 spiro atoms. The summed E-state index contributed by atoms with van der Waals surface area (Å²) in [7, 11) is -18.6. The summed E-state index contributed by atoms with van der Waals surface area (Å²) in [4.78, 5) is 146. The Hall–Kier alpha value is -6.04. The molecule has 100 heavy (non-hydrogen) atoms. The molecule has 0 atom stereocenters. The van der Waals surface area contributed by atoms with E-state index < -0.39 is 199 Å². The molecule has 0 aliphatic carbocycles. The van der Waals surface area contributed by atoms with Gasteiger partial charge in [-0.05, 0) is 77.6 Å². The third-order valence-corrected chi connectivity index (χ3v) is 25.0. The summed E-state index contributed by atoms with van der Waals surface area (Å²) in [6.07, 6.45) is -6.13. The van der Waals surface area contributed by atoms with Gasteiger partial charge in [0.1, 0.15) is 63.0 Å². The second-order valence-corrected chi connectivity index (χ2v) is 32.6. The second kappa shape index (κ2) is 24.3. The number of carbonyl (C=O) groups excluding carboxylic acids is 8. The Balaban J connectivity index is 0.00000448. The first-order valence-electron chi connectivity index (χ1n) is 31.2. The molecular formula is C54H64Ca2N16O24S4. The van der Waals surface area contributed by atoms with Crippen LogP contribution in [0.1, 0.15) is 75.6 Å². The first-order chi connectivity index (χ1) is 45.9. The van der Waals surface area contributed by atoms with E-state index in [-0.39, 0.29) is 199 Å². The maximum atomic E-state index is 15.6. The minimum Gasteiger partial charge on any atom is -0.748 e. The van der Waals surface area contributed by atoms with Crippen molar-refractivity contribution in [2.24, 2.45) is 0 Å². The Morgan fingerprint density at radius 2 is 0.500 bits per heavy atom. The van der Waals surface area contributed by atoms with Gasteiger partial charge in [0.25, 0.3) is 0 Å². The van der Waals surface area contributed by atoms with E-state index in [4.69, 9.17) is 18.9 Å². The summed E-state index contributed by atoms with van der Waals surface area (Å²) in [6, 6.07) is -0.123. The molecular weight excluding hydrogens is 1470 g/mol. The maximum absolute atomic E-state index is 15.6. The number of carbonyl (C=O) groups is 8. The fourth-order valence-electron chi connectivity index (χ4n) is 16.8. The average molecular weight is 1530 g/mol. The molecule has 15 rings (SSSR count). The standard InChI is InChI=1S/C54H68N16O24S4.2Ca/c1-51-53(3)67-27-59-41-39-55(43(59)71)25-57-40-42-61(45(57)73)29-69-49(77)65-23-33-34(38(94-16-8-20-98(88,89)90)12-11-37(33)93-15-7-19-97(85,86)87)24-66-50(78)70(54(69,4)52(65,66)2)30-62(42)46(74)58(40)26-56(39)44(72)60(41)28-68(53)48(76)64(51)22-32-31(21-63(51)47(67)75)35(91-13-5-17-95(79,80)81)9-10-36(32)92-14-6-18-96(82,83)84;;/h9-12,39-42H,5-8,13-30H2,1-4H3,(H,79,80,81)(H,82,83,84)(H,85,86,87)(H,88,89,90);;/q;2*+2/p-4. The molecule has 13 aliphatic heterocycles. The van der Waals surface area contributed by atoms with Crippen LogP contribution in [0.3, 0.4) is 0 Å². The Labute approximate surface area is 631 Å². The van der Waals surface area contributed by atoms with Gasteiger partial charge in [-0.25, -0.2) is 72.0 Å². The SMILES string of the molecule is CC12N3Cc4c(OCCCS(=O)(=O)[O-])ccc(OCCCS(=O)(=O)[O-])c4CN1C(=O)N1CN4C(=O)N5CN6C(=O)N7CN8C(=O)N9Cc%10c(OCCCS(=O)(=O)[O-])ccc(OCCCS(=O)(=O)[O-])c%10CN%10C(=O)N(CN%11C(=O)N(CN%12C(=O)N(CN(C3=O)C12C)C4C%125)C6C%117)C8(C)C%109C.[Ca+2].[Ca+2]. The van der Waals surface area contributed by atoms with Crippen molar-refractivity contribution < 1.29 is 109 Å². The number of benzene rings is 2. The summed E-state index contributed by atoms with van der Waals surface area (Å²) in [5.41, 5.74) is -5.75. The third kappa shape index (κ3) is 10.4. The van der Waals surface area contributed by atoms with Crippen LogP contribution in [0.5, 0.6) is 23.0 Å². The van der Waals surface area contributed by atoms with Gasteiger partial charge >= 0.3 is 124 Å². The molecule has 16 amide bonds. The monoisotopic (exact) mass is 1530 g/mol. The summed E-state index contributed by atoms with van der Waals surface area (Å²) in [5, 5.41) is 0. The van der Waals surface area contributed by atoms with E-state index in [9.17, 15) is 51.9 Å². The van der Waals surface area contributed by atoms with E-state index >= 15 is 38.4 Å². The second-order valence-electron chi connectivity index (χ2n) is 26.6. The molecule has 0 radical (unpaired) electrons. The molecule has 2 aromatic rings. The predicted octanol–water partition coefficient (Wildman–Crippen LogP) is -2.24. The van der Waals surface area contributed by atoms with Gasteiger partial charge in [0.2, 0.25) is 0 Å². The maximum Gasteiger partial charge on any atom is 2.00 e. The Morgan fingerprint density at radius 1 is 0.320 bits per heavy atom.